The standard InChI is InChI=1S/C4H10O.2HI.Mg/c1-2-3-4-5;;;/h5H,2-4H2,1H3;2*1H;/q;;;+2/p-2. The van der Waals surface area contributed by atoms with Gasteiger partial charge >= 0.3 is 23.1 Å². The zero-order valence-corrected chi connectivity index (χ0v) is 10.8. The summed E-state index contributed by atoms with van der Waals surface area (Å²) in [5.74, 6) is 0. The molecule has 0 amide bonds. The summed E-state index contributed by atoms with van der Waals surface area (Å²) in [4.78, 5) is 0. The van der Waals surface area contributed by atoms with E-state index in [-0.39, 0.29) is 71.0 Å². The third kappa shape index (κ3) is 24.1. The molecule has 0 unspecified atom stereocenters. The number of hydrogen-bond acceptors (Lipinski definition) is 1. The zero-order valence-electron chi connectivity index (χ0n) is 5.03. The SMILES string of the molecule is CCCCO.[I-].[I-].[Mg+2]. The fraction of sp³-hybridized carbons (Fsp3) is 1.00. The molecule has 0 aliphatic heterocycles. The molecule has 48 valence electrons. The number of aliphatic hydroxyl groups is 1. The average Bonchev–Trinajstić information content (AvgIpc) is 1.41. The van der Waals surface area contributed by atoms with Crippen molar-refractivity contribution in [3.05, 3.63) is 0 Å². The van der Waals surface area contributed by atoms with Crippen LogP contribution in [-0.4, -0.2) is 34.8 Å². The first kappa shape index (κ1) is 22.5. The Morgan fingerprint density at radius 3 is 1.62 bits per heavy atom. The van der Waals surface area contributed by atoms with Crippen LogP contribution in [0.2, 0.25) is 0 Å². The maximum atomic E-state index is 8.07. The number of halogens is 2. The molecule has 8 heavy (non-hydrogen) atoms. The number of rotatable bonds is 2. The van der Waals surface area contributed by atoms with E-state index in [1.165, 1.54) is 0 Å². The van der Waals surface area contributed by atoms with Crippen molar-refractivity contribution in [2.45, 2.75) is 19.8 Å². The molecule has 0 aliphatic carbocycles. The second-order valence-electron chi connectivity index (χ2n) is 1.08. The predicted octanol–water partition coefficient (Wildman–Crippen LogP) is -5.59. The molecule has 0 bridgehead atoms. The van der Waals surface area contributed by atoms with Crippen molar-refractivity contribution in [2.24, 2.45) is 0 Å². The van der Waals surface area contributed by atoms with E-state index in [4.69, 9.17) is 5.11 Å². The maximum absolute atomic E-state index is 8.07. The maximum Gasteiger partial charge on any atom is 2.00 e. The van der Waals surface area contributed by atoms with Crippen molar-refractivity contribution < 1.29 is 53.1 Å². The van der Waals surface area contributed by atoms with Gasteiger partial charge in [0.2, 0.25) is 0 Å². The Bertz CT molecular complexity index is 21.5. The van der Waals surface area contributed by atoms with Crippen molar-refractivity contribution in [1.82, 2.24) is 0 Å². The second-order valence-corrected chi connectivity index (χ2v) is 1.08. The molecule has 0 rings (SSSR count). The monoisotopic (exact) mass is 352 g/mol. The minimum Gasteiger partial charge on any atom is -1.00 e. The largest absolute Gasteiger partial charge is 2.00 e. The normalized spacial score (nSPS) is 5.25. The third-order valence-electron chi connectivity index (χ3n) is 0.512. The van der Waals surface area contributed by atoms with Gasteiger partial charge in [0, 0.05) is 6.61 Å². The summed E-state index contributed by atoms with van der Waals surface area (Å²) in [6, 6.07) is 0. The van der Waals surface area contributed by atoms with Gasteiger partial charge in [-0.25, -0.2) is 0 Å². The van der Waals surface area contributed by atoms with E-state index < -0.39 is 0 Å². The van der Waals surface area contributed by atoms with Crippen molar-refractivity contribution >= 4 is 23.1 Å². The molecule has 0 saturated heterocycles. The van der Waals surface area contributed by atoms with Crippen molar-refractivity contribution in [3.63, 3.8) is 0 Å². The number of unbranched alkanes of at least 4 members (excludes halogenated alkanes) is 1. The van der Waals surface area contributed by atoms with Crippen LogP contribution in [0.15, 0.2) is 0 Å². The van der Waals surface area contributed by atoms with Crippen LogP contribution in [-0.2, 0) is 0 Å². The van der Waals surface area contributed by atoms with Crippen LogP contribution in [0.3, 0.4) is 0 Å². The molecule has 0 saturated carbocycles. The quantitative estimate of drug-likeness (QED) is 0.388. The minimum atomic E-state index is 0. The van der Waals surface area contributed by atoms with E-state index in [0.717, 1.165) is 12.8 Å². The summed E-state index contributed by atoms with van der Waals surface area (Å²) in [6.45, 7) is 2.40. The second kappa shape index (κ2) is 22.9. The first-order valence-corrected chi connectivity index (χ1v) is 2.02. The fourth-order valence-electron chi connectivity index (χ4n) is 0.158. The topological polar surface area (TPSA) is 20.2 Å². The van der Waals surface area contributed by atoms with Gasteiger partial charge in [-0.05, 0) is 6.42 Å². The minimum absolute atomic E-state index is 0. The molecule has 4 heteroatoms. The summed E-state index contributed by atoms with van der Waals surface area (Å²) < 4.78 is 0. The third-order valence-corrected chi connectivity index (χ3v) is 0.512. The van der Waals surface area contributed by atoms with Crippen LogP contribution < -0.4 is 48.0 Å². The van der Waals surface area contributed by atoms with Crippen LogP contribution in [0.5, 0.6) is 0 Å². The predicted molar refractivity (Wildman–Crippen MR) is 27.7 cm³/mol. The zero-order chi connectivity index (χ0) is 4.12. The van der Waals surface area contributed by atoms with E-state index in [0.29, 0.717) is 6.61 Å². The van der Waals surface area contributed by atoms with E-state index in [1.54, 1.807) is 0 Å². The van der Waals surface area contributed by atoms with Gasteiger partial charge in [-0.15, -0.1) is 0 Å². The Hall–Kier alpha value is 2.19. The Morgan fingerprint density at radius 1 is 1.25 bits per heavy atom. The average molecular weight is 352 g/mol. The van der Waals surface area contributed by atoms with Crippen molar-refractivity contribution in [2.75, 3.05) is 6.61 Å². The van der Waals surface area contributed by atoms with Gasteiger partial charge in [-0.2, -0.15) is 0 Å². The van der Waals surface area contributed by atoms with Crippen LogP contribution in [0.4, 0.5) is 0 Å². The molecule has 1 nitrogen and oxygen atoms in total. The fourth-order valence-corrected chi connectivity index (χ4v) is 0.158. The molecular weight excluding hydrogens is 342 g/mol. The number of hydrogen-bond donors (Lipinski definition) is 1. The van der Waals surface area contributed by atoms with Gasteiger partial charge in [0.15, 0.2) is 0 Å². The number of aliphatic hydroxyl groups excluding tert-OH is 1. The van der Waals surface area contributed by atoms with Crippen LogP contribution in [0.25, 0.3) is 0 Å². The molecule has 0 heterocycles. The molecule has 1 N–H and O–H groups in total. The Kier molecular flexibility index (Phi) is 64.3. The van der Waals surface area contributed by atoms with Gasteiger partial charge in [0.1, 0.15) is 0 Å². The summed E-state index contributed by atoms with van der Waals surface area (Å²) in [5, 5.41) is 8.07. The molecule has 0 atom stereocenters. The van der Waals surface area contributed by atoms with Crippen molar-refractivity contribution in [1.29, 1.82) is 0 Å². The Labute approximate surface area is 101 Å². The summed E-state index contributed by atoms with van der Waals surface area (Å²) in [7, 11) is 0. The molecule has 0 aromatic rings. The van der Waals surface area contributed by atoms with Crippen LogP contribution in [0, 0.1) is 0 Å². The Balaban J connectivity index is -0.0000000267. The first-order valence-electron chi connectivity index (χ1n) is 2.02. The van der Waals surface area contributed by atoms with E-state index in [2.05, 4.69) is 6.92 Å². The smallest absolute Gasteiger partial charge is 1.00 e. The Morgan fingerprint density at radius 2 is 1.62 bits per heavy atom. The molecule has 0 aromatic carbocycles. The summed E-state index contributed by atoms with van der Waals surface area (Å²) in [5.41, 5.74) is 0. The van der Waals surface area contributed by atoms with Gasteiger partial charge < -0.3 is 53.1 Å². The van der Waals surface area contributed by atoms with Crippen LogP contribution >= 0.6 is 0 Å². The molecule has 0 radical (unpaired) electrons. The molecular formula is C4H10I2MgO. The molecule has 0 fully saturated rings. The van der Waals surface area contributed by atoms with Gasteiger partial charge in [0.05, 0.1) is 0 Å². The molecule has 0 spiro atoms. The van der Waals surface area contributed by atoms with E-state index in [9.17, 15) is 0 Å². The van der Waals surface area contributed by atoms with E-state index >= 15 is 0 Å². The molecule has 0 aromatic heterocycles. The van der Waals surface area contributed by atoms with Crippen LogP contribution in [0.1, 0.15) is 19.8 Å². The van der Waals surface area contributed by atoms with Crippen molar-refractivity contribution in [3.8, 4) is 0 Å². The van der Waals surface area contributed by atoms with Gasteiger partial charge in [0.25, 0.3) is 0 Å². The summed E-state index contributed by atoms with van der Waals surface area (Å²) >= 11 is 0. The van der Waals surface area contributed by atoms with E-state index in [1.807, 2.05) is 0 Å². The van der Waals surface area contributed by atoms with Gasteiger partial charge in [-0.3, -0.25) is 0 Å². The first-order chi connectivity index (χ1) is 2.41. The summed E-state index contributed by atoms with van der Waals surface area (Å²) in [6.07, 6.45) is 2.04. The molecule has 0 aliphatic rings. The van der Waals surface area contributed by atoms with Gasteiger partial charge in [-0.1, -0.05) is 13.3 Å².